The molecule has 0 bridgehead atoms. The summed E-state index contributed by atoms with van der Waals surface area (Å²) in [4.78, 5) is 26.6. The number of ether oxygens (including phenoxy) is 1. The Labute approximate surface area is 150 Å². The van der Waals surface area contributed by atoms with Gasteiger partial charge in [-0.25, -0.2) is 4.79 Å². The lowest BCUT2D eigenvalue weighted by molar-refractivity contribution is -0.145. The predicted octanol–water partition coefficient (Wildman–Crippen LogP) is 4.44. The van der Waals surface area contributed by atoms with Gasteiger partial charge in [-0.3, -0.25) is 4.79 Å². The molecule has 25 heavy (non-hydrogen) atoms. The quantitative estimate of drug-likeness (QED) is 0.802. The number of esters is 1. The molecule has 5 nitrogen and oxygen atoms in total. The van der Waals surface area contributed by atoms with E-state index in [1.807, 2.05) is 42.2 Å². The number of anilines is 1. The van der Waals surface area contributed by atoms with Crippen molar-refractivity contribution in [2.75, 3.05) is 19.0 Å². The summed E-state index contributed by atoms with van der Waals surface area (Å²) in [7, 11) is 1.39. The van der Waals surface area contributed by atoms with Crippen molar-refractivity contribution in [1.29, 1.82) is 0 Å². The van der Waals surface area contributed by atoms with Crippen molar-refractivity contribution in [3.8, 4) is 0 Å². The number of hydrogen-bond donors (Lipinski definition) is 1. The number of nitrogens with zero attached hydrogens (tertiary/aromatic N) is 1. The molecule has 1 fully saturated rings. The molecule has 1 saturated carbocycles. The van der Waals surface area contributed by atoms with Gasteiger partial charge in [0, 0.05) is 18.3 Å². The standard InChI is InChI=1S/C20H30N2O3/c1-16(19(23)25-2)15-22(18-13-9-4-3-5-10-14-18)20(24)21-17-11-7-6-8-12-17/h6-8,11-12,16,18H,3-5,9-10,13-15H2,1-2H3,(H,21,24). The number of urea groups is 1. The summed E-state index contributed by atoms with van der Waals surface area (Å²) in [5, 5.41) is 2.97. The zero-order valence-electron chi connectivity index (χ0n) is 15.4. The number of methoxy groups -OCH3 is 1. The molecule has 1 N–H and O–H groups in total. The average molecular weight is 346 g/mol. The minimum atomic E-state index is -0.336. The van der Waals surface area contributed by atoms with Gasteiger partial charge in [-0.1, -0.05) is 57.2 Å². The largest absolute Gasteiger partial charge is 0.469 e. The second kappa shape index (κ2) is 10.1. The van der Waals surface area contributed by atoms with E-state index >= 15 is 0 Å². The van der Waals surface area contributed by atoms with E-state index in [0.29, 0.717) is 6.54 Å². The van der Waals surface area contributed by atoms with E-state index in [2.05, 4.69) is 5.32 Å². The topological polar surface area (TPSA) is 58.6 Å². The van der Waals surface area contributed by atoms with Crippen molar-refractivity contribution < 1.29 is 14.3 Å². The fraction of sp³-hybridized carbons (Fsp3) is 0.600. The highest BCUT2D eigenvalue weighted by molar-refractivity contribution is 5.89. The summed E-state index contributed by atoms with van der Waals surface area (Å²) >= 11 is 0. The molecular formula is C20H30N2O3. The molecule has 0 heterocycles. The van der Waals surface area contributed by atoms with Gasteiger partial charge >= 0.3 is 12.0 Å². The molecule has 0 radical (unpaired) electrons. The van der Waals surface area contributed by atoms with Crippen LogP contribution in [0, 0.1) is 5.92 Å². The van der Waals surface area contributed by atoms with Crippen LogP contribution < -0.4 is 5.32 Å². The number of rotatable bonds is 5. The van der Waals surface area contributed by atoms with E-state index in [9.17, 15) is 9.59 Å². The molecule has 0 spiro atoms. The Morgan fingerprint density at radius 1 is 1.12 bits per heavy atom. The molecule has 0 aromatic heterocycles. The van der Waals surface area contributed by atoms with E-state index in [4.69, 9.17) is 4.74 Å². The van der Waals surface area contributed by atoms with Crippen LogP contribution in [0.4, 0.5) is 10.5 Å². The average Bonchev–Trinajstić information content (AvgIpc) is 2.60. The minimum absolute atomic E-state index is 0.132. The molecule has 1 aliphatic carbocycles. The van der Waals surface area contributed by atoms with E-state index in [0.717, 1.165) is 31.4 Å². The number of amides is 2. The Balaban J connectivity index is 2.11. The molecule has 1 atom stereocenters. The van der Waals surface area contributed by atoms with Crippen LogP contribution in [-0.2, 0) is 9.53 Å². The molecule has 1 aliphatic rings. The number of carbonyl (C=O) groups excluding carboxylic acids is 2. The van der Waals surface area contributed by atoms with Crippen molar-refractivity contribution >= 4 is 17.7 Å². The number of benzene rings is 1. The monoisotopic (exact) mass is 346 g/mol. The first kappa shape index (κ1) is 19.3. The van der Waals surface area contributed by atoms with Crippen molar-refractivity contribution in [2.24, 2.45) is 5.92 Å². The SMILES string of the molecule is COC(=O)C(C)CN(C(=O)Nc1ccccc1)C1CCCCCCC1. The van der Waals surface area contributed by atoms with Crippen LogP contribution in [0.3, 0.4) is 0 Å². The van der Waals surface area contributed by atoms with E-state index in [1.165, 1.54) is 26.4 Å². The lowest BCUT2D eigenvalue weighted by Gasteiger charge is -2.34. The summed E-state index contributed by atoms with van der Waals surface area (Å²) in [6.07, 6.45) is 7.97. The van der Waals surface area contributed by atoms with Crippen LogP contribution in [-0.4, -0.2) is 36.6 Å². The smallest absolute Gasteiger partial charge is 0.322 e. The number of carbonyl (C=O) groups is 2. The van der Waals surface area contributed by atoms with Crippen LogP contribution in [0.1, 0.15) is 51.9 Å². The molecule has 2 amide bonds. The fourth-order valence-corrected chi connectivity index (χ4v) is 3.43. The first-order valence-corrected chi connectivity index (χ1v) is 9.32. The van der Waals surface area contributed by atoms with Gasteiger partial charge in [-0.15, -0.1) is 0 Å². The normalized spacial score (nSPS) is 17.0. The molecule has 0 aliphatic heterocycles. The van der Waals surface area contributed by atoms with Crippen molar-refractivity contribution in [3.05, 3.63) is 30.3 Å². The molecule has 2 rings (SSSR count). The van der Waals surface area contributed by atoms with E-state index in [1.54, 1.807) is 0 Å². The highest BCUT2D eigenvalue weighted by Gasteiger charge is 2.28. The zero-order chi connectivity index (χ0) is 18.1. The summed E-state index contributed by atoms with van der Waals surface area (Å²) in [5.74, 6) is -0.611. The Bertz CT molecular complexity index is 539. The maximum Gasteiger partial charge on any atom is 0.322 e. The molecule has 138 valence electrons. The second-order valence-electron chi connectivity index (χ2n) is 6.87. The Morgan fingerprint density at radius 3 is 2.32 bits per heavy atom. The van der Waals surface area contributed by atoms with Crippen molar-refractivity contribution in [3.63, 3.8) is 0 Å². The maximum atomic E-state index is 12.9. The number of hydrogen-bond acceptors (Lipinski definition) is 3. The minimum Gasteiger partial charge on any atom is -0.469 e. The lowest BCUT2D eigenvalue weighted by atomic mass is 9.95. The van der Waals surface area contributed by atoms with Crippen molar-refractivity contribution in [1.82, 2.24) is 4.90 Å². The van der Waals surface area contributed by atoms with Gasteiger partial charge in [0.25, 0.3) is 0 Å². The zero-order valence-corrected chi connectivity index (χ0v) is 15.4. The van der Waals surface area contributed by atoms with Gasteiger partial charge in [0.15, 0.2) is 0 Å². The summed E-state index contributed by atoms with van der Waals surface area (Å²) < 4.78 is 4.85. The molecule has 5 heteroatoms. The first-order chi connectivity index (χ1) is 12.1. The van der Waals surface area contributed by atoms with E-state index in [-0.39, 0.29) is 24.0 Å². The number of nitrogens with one attached hydrogen (secondary N) is 1. The molecule has 0 saturated heterocycles. The van der Waals surface area contributed by atoms with Crippen LogP contribution in [0.15, 0.2) is 30.3 Å². The molecule has 1 unspecified atom stereocenters. The summed E-state index contributed by atoms with van der Waals surface area (Å²) in [6, 6.07) is 9.50. The number of para-hydroxylation sites is 1. The van der Waals surface area contributed by atoms with Gasteiger partial charge in [0.2, 0.25) is 0 Å². The van der Waals surface area contributed by atoms with Crippen LogP contribution >= 0.6 is 0 Å². The van der Waals surface area contributed by atoms with Crippen LogP contribution in [0.25, 0.3) is 0 Å². The summed E-state index contributed by atoms with van der Waals surface area (Å²) in [5.41, 5.74) is 0.772. The van der Waals surface area contributed by atoms with Crippen LogP contribution in [0.5, 0.6) is 0 Å². The molecule has 1 aromatic carbocycles. The van der Waals surface area contributed by atoms with Gasteiger partial charge in [-0.05, 0) is 25.0 Å². The third-order valence-corrected chi connectivity index (χ3v) is 4.88. The van der Waals surface area contributed by atoms with Gasteiger partial charge in [0.05, 0.1) is 13.0 Å². The predicted molar refractivity (Wildman–Crippen MR) is 99.5 cm³/mol. The summed E-state index contributed by atoms with van der Waals surface area (Å²) in [6.45, 7) is 2.20. The van der Waals surface area contributed by atoms with Crippen molar-refractivity contribution in [2.45, 2.75) is 57.9 Å². The highest BCUT2D eigenvalue weighted by atomic mass is 16.5. The maximum absolute atomic E-state index is 12.9. The second-order valence-corrected chi connectivity index (χ2v) is 6.87. The van der Waals surface area contributed by atoms with Crippen LogP contribution in [0.2, 0.25) is 0 Å². The fourth-order valence-electron chi connectivity index (χ4n) is 3.43. The highest BCUT2D eigenvalue weighted by Crippen LogP contribution is 2.23. The molecule has 1 aromatic rings. The third-order valence-electron chi connectivity index (χ3n) is 4.88. The Morgan fingerprint density at radius 2 is 1.72 bits per heavy atom. The van der Waals surface area contributed by atoms with Gasteiger partial charge in [0.1, 0.15) is 0 Å². The Kier molecular flexibility index (Phi) is 7.76. The van der Waals surface area contributed by atoms with E-state index < -0.39 is 0 Å². The lowest BCUT2D eigenvalue weighted by Crippen LogP contribution is -2.46. The first-order valence-electron chi connectivity index (χ1n) is 9.32. The van der Waals surface area contributed by atoms with Gasteiger partial charge in [-0.2, -0.15) is 0 Å². The Hall–Kier alpha value is -2.04. The molecular weight excluding hydrogens is 316 g/mol. The third kappa shape index (κ3) is 6.07. The van der Waals surface area contributed by atoms with Gasteiger partial charge < -0.3 is 15.0 Å².